The third kappa shape index (κ3) is 3.23. The molecule has 0 aliphatic heterocycles. The monoisotopic (exact) mass is 322 g/mol. The van der Waals surface area contributed by atoms with Gasteiger partial charge < -0.3 is 9.84 Å². The second-order valence-electron chi connectivity index (χ2n) is 4.50. The number of amides is 1. The van der Waals surface area contributed by atoms with Crippen LogP contribution < -0.4 is 5.32 Å². The molecule has 0 unspecified atom stereocenters. The summed E-state index contributed by atoms with van der Waals surface area (Å²) >= 11 is 3.39. The van der Waals surface area contributed by atoms with E-state index in [1.54, 1.807) is 6.07 Å². The molecular formula is C14H15BrN2O2. The van der Waals surface area contributed by atoms with Gasteiger partial charge in [-0.2, -0.15) is 0 Å². The van der Waals surface area contributed by atoms with Crippen molar-refractivity contribution in [3.8, 4) is 0 Å². The van der Waals surface area contributed by atoms with Crippen molar-refractivity contribution >= 4 is 21.8 Å². The van der Waals surface area contributed by atoms with E-state index in [9.17, 15) is 4.79 Å². The molecule has 0 fully saturated rings. The first-order chi connectivity index (χ1) is 8.97. The Balaban J connectivity index is 2.09. The minimum Gasteiger partial charge on any atom is -0.361 e. The van der Waals surface area contributed by atoms with Crippen LogP contribution in [0.1, 0.15) is 32.9 Å². The topological polar surface area (TPSA) is 55.1 Å². The lowest BCUT2D eigenvalue weighted by atomic mass is 10.1. The summed E-state index contributed by atoms with van der Waals surface area (Å²) in [6, 6.07) is 5.62. The molecule has 4 nitrogen and oxygen atoms in total. The third-order valence-corrected chi connectivity index (χ3v) is 3.37. The molecule has 2 rings (SSSR count). The van der Waals surface area contributed by atoms with Crippen molar-refractivity contribution in [1.82, 2.24) is 10.5 Å². The lowest BCUT2D eigenvalue weighted by Gasteiger charge is -2.06. The zero-order valence-corrected chi connectivity index (χ0v) is 12.7. The van der Waals surface area contributed by atoms with E-state index in [-0.39, 0.29) is 5.91 Å². The second-order valence-corrected chi connectivity index (χ2v) is 5.42. The molecule has 0 radical (unpaired) electrons. The van der Waals surface area contributed by atoms with E-state index < -0.39 is 0 Å². The zero-order valence-electron chi connectivity index (χ0n) is 11.1. The lowest BCUT2D eigenvalue weighted by Crippen LogP contribution is -2.23. The molecule has 0 atom stereocenters. The van der Waals surface area contributed by atoms with Gasteiger partial charge in [0, 0.05) is 22.1 Å². The van der Waals surface area contributed by atoms with Gasteiger partial charge >= 0.3 is 0 Å². The van der Waals surface area contributed by atoms with Crippen molar-refractivity contribution < 1.29 is 9.32 Å². The van der Waals surface area contributed by atoms with Gasteiger partial charge in [-0.3, -0.25) is 4.79 Å². The number of aromatic nitrogens is 1. The first kappa shape index (κ1) is 13.8. The van der Waals surface area contributed by atoms with E-state index in [1.807, 2.05) is 32.9 Å². The molecule has 1 amide bonds. The molecule has 0 aliphatic rings. The Kier molecular flexibility index (Phi) is 4.04. The van der Waals surface area contributed by atoms with Gasteiger partial charge in [0.05, 0.1) is 5.69 Å². The van der Waals surface area contributed by atoms with Gasteiger partial charge in [0.25, 0.3) is 5.91 Å². The molecule has 1 aromatic carbocycles. The minimum atomic E-state index is -0.107. The average Bonchev–Trinajstić information content (AvgIpc) is 2.65. The Morgan fingerprint density at radius 3 is 2.63 bits per heavy atom. The summed E-state index contributed by atoms with van der Waals surface area (Å²) in [5.41, 5.74) is 3.42. The quantitative estimate of drug-likeness (QED) is 0.943. The van der Waals surface area contributed by atoms with E-state index in [2.05, 4.69) is 26.4 Å². The molecule has 19 heavy (non-hydrogen) atoms. The normalized spacial score (nSPS) is 10.5. The van der Waals surface area contributed by atoms with E-state index in [0.29, 0.717) is 12.1 Å². The number of benzene rings is 1. The van der Waals surface area contributed by atoms with Crippen LogP contribution in [0.5, 0.6) is 0 Å². The standard InChI is InChI=1S/C14H15BrN2O2/c1-8-4-11(6-12(15)5-8)14(18)16-7-13-9(2)17-19-10(13)3/h4-6H,7H2,1-3H3,(H,16,18). The maximum atomic E-state index is 12.1. The summed E-state index contributed by atoms with van der Waals surface area (Å²) in [5.74, 6) is 0.632. The van der Waals surface area contributed by atoms with Gasteiger partial charge in [-0.15, -0.1) is 0 Å². The highest BCUT2D eigenvalue weighted by Gasteiger charge is 2.12. The molecule has 0 bridgehead atoms. The largest absolute Gasteiger partial charge is 0.361 e. The van der Waals surface area contributed by atoms with Crippen LogP contribution in [0.4, 0.5) is 0 Å². The Morgan fingerprint density at radius 2 is 2.05 bits per heavy atom. The molecule has 1 N–H and O–H groups in total. The van der Waals surface area contributed by atoms with Crippen molar-refractivity contribution in [2.45, 2.75) is 27.3 Å². The van der Waals surface area contributed by atoms with Crippen LogP contribution in [0, 0.1) is 20.8 Å². The number of hydrogen-bond donors (Lipinski definition) is 1. The van der Waals surface area contributed by atoms with Crippen molar-refractivity contribution in [2.75, 3.05) is 0 Å². The van der Waals surface area contributed by atoms with Crippen molar-refractivity contribution in [2.24, 2.45) is 0 Å². The number of rotatable bonds is 3. The minimum absolute atomic E-state index is 0.107. The predicted molar refractivity (Wildman–Crippen MR) is 76.0 cm³/mol. The highest BCUT2D eigenvalue weighted by atomic mass is 79.9. The smallest absolute Gasteiger partial charge is 0.251 e. The number of hydrogen-bond acceptors (Lipinski definition) is 3. The molecule has 5 heteroatoms. The zero-order chi connectivity index (χ0) is 14.0. The van der Waals surface area contributed by atoms with E-state index in [1.165, 1.54) is 0 Å². The Hall–Kier alpha value is -1.62. The molecule has 2 aromatic rings. The molecule has 100 valence electrons. The third-order valence-electron chi connectivity index (χ3n) is 2.91. The molecule has 0 aliphatic carbocycles. The van der Waals surface area contributed by atoms with Crippen LogP contribution in [0.2, 0.25) is 0 Å². The average molecular weight is 323 g/mol. The Labute approximate surface area is 120 Å². The molecule has 0 spiro atoms. The van der Waals surface area contributed by atoms with Crippen LogP contribution in [0.15, 0.2) is 27.2 Å². The van der Waals surface area contributed by atoms with Gasteiger partial charge in [0.2, 0.25) is 0 Å². The summed E-state index contributed by atoms with van der Waals surface area (Å²) in [5, 5.41) is 6.74. The first-order valence-electron chi connectivity index (χ1n) is 5.94. The summed E-state index contributed by atoms with van der Waals surface area (Å²) in [7, 11) is 0. The van der Waals surface area contributed by atoms with Gasteiger partial charge in [0.15, 0.2) is 0 Å². The molecular weight excluding hydrogens is 308 g/mol. The van der Waals surface area contributed by atoms with Crippen molar-refractivity contribution in [3.63, 3.8) is 0 Å². The first-order valence-corrected chi connectivity index (χ1v) is 6.74. The summed E-state index contributed by atoms with van der Waals surface area (Å²) in [6.07, 6.45) is 0. The number of carbonyl (C=O) groups excluding carboxylic acids is 1. The van der Waals surface area contributed by atoms with Crippen molar-refractivity contribution in [3.05, 3.63) is 50.8 Å². The Bertz CT molecular complexity index is 580. The van der Waals surface area contributed by atoms with E-state index in [0.717, 1.165) is 27.1 Å². The van der Waals surface area contributed by atoms with Gasteiger partial charge in [-0.05, 0) is 44.5 Å². The van der Waals surface area contributed by atoms with Gasteiger partial charge in [-0.25, -0.2) is 0 Å². The predicted octanol–water partition coefficient (Wildman–Crippen LogP) is 3.29. The number of carbonyl (C=O) groups is 1. The van der Waals surface area contributed by atoms with Crippen LogP contribution in [0.25, 0.3) is 0 Å². The fourth-order valence-electron chi connectivity index (χ4n) is 1.89. The van der Waals surface area contributed by atoms with Crippen LogP contribution >= 0.6 is 15.9 Å². The summed E-state index contributed by atoms with van der Waals surface area (Å²) in [4.78, 5) is 12.1. The summed E-state index contributed by atoms with van der Waals surface area (Å²) < 4.78 is 5.96. The molecule has 1 heterocycles. The second kappa shape index (κ2) is 5.57. The fraction of sp³-hybridized carbons (Fsp3) is 0.286. The van der Waals surface area contributed by atoms with Gasteiger partial charge in [-0.1, -0.05) is 21.1 Å². The molecule has 0 saturated heterocycles. The highest BCUT2D eigenvalue weighted by molar-refractivity contribution is 9.10. The maximum absolute atomic E-state index is 12.1. The van der Waals surface area contributed by atoms with Crippen LogP contribution in [0.3, 0.4) is 0 Å². The van der Waals surface area contributed by atoms with E-state index in [4.69, 9.17) is 4.52 Å². The molecule has 0 saturated carbocycles. The van der Waals surface area contributed by atoms with Crippen LogP contribution in [-0.4, -0.2) is 11.1 Å². The Morgan fingerprint density at radius 1 is 1.32 bits per heavy atom. The highest BCUT2D eigenvalue weighted by Crippen LogP contribution is 2.16. The summed E-state index contributed by atoms with van der Waals surface area (Å²) in [6.45, 7) is 6.08. The van der Waals surface area contributed by atoms with Gasteiger partial charge in [0.1, 0.15) is 5.76 Å². The fourth-order valence-corrected chi connectivity index (χ4v) is 2.50. The van der Waals surface area contributed by atoms with Crippen LogP contribution in [-0.2, 0) is 6.54 Å². The van der Waals surface area contributed by atoms with Crippen molar-refractivity contribution in [1.29, 1.82) is 0 Å². The van der Waals surface area contributed by atoms with E-state index >= 15 is 0 Å². The number of nitrogens with one attached hydrogen (secondary N) is 1. The number of aryl methyl sites for hydroxylation is 3. The number of nitrogens with zero attached hydrogens (tertiary/aromatic N) is 1. The maximum Gasteiger partial charge on any atom is 0.251 e. The lowest BCUT2D eigenvalue weighted by molar-refractivity contribution is 0.0950. The SMILES string of the molecule is Cc1cc(Br)cc(C(=O)NCc2c(C)noc2C)c1. The number of halogens is 1. The molecule has 1 aromatic heterocycles.